The van der Waals surface area contributed by atoms with Gasteiger partial charge in [0, 0.05) is 10.6 Å². The molecule has 11 heteroatoms. The van der Waals surface area contributed by atoms with Crippen molar-refractivity contribution in [3.63, 3.8) is 0 Å². The summed E-state index contributed by atoms with van der Waals surface area (Å²) in [6, 6.07) is 7.33. The number of thiazole rings is 1. The fraction of sp³-hybridized carbons (Fsp3) is 0.296. The zero-order valence-corrected chi connectivity index (χ0v) is 23.7. The van der Waals surface area contributed by atoms with E-state index >= 15 is 0 Å². The van der Waals surface area contributed by atoms with Crippen LogP contribution in [0.2, 0.25) is 10.0 Å². The molecule has 0 unspecified atom stereocenters. The number of rotatable bonds is 7. The Morgan fingerprint density at radius 3 is 2.63 bits per heavy atom. The summed E-state index contributed by atoms with van der Waals surface area (Å²) in [5.41, 5.74) is 1.14. The highest BCUT2D eigenvalue weighted by molar-refractivity contribution is 7.07. The fourth-order valence-electron chi connectivity index (χ4n) is 4.15. The molecule has 200 valence electrons. The van der Waals surface area contributed by atoms with Crippen molar-refractivity contribution in [2.24, 2.45) is 4.99 Å². The van der Waals surface area contributed by atoms with Crippen LogP contribution in [0.15, 0.2) is 51.4 Å². The van der Waals surface area contributed by atoms with Crippen molar-refractivity contribution in [2.75, 3.05) is 13.7 Å². The van der Waals surface area contributed by atoms with Gasteiger partial charge in [0.05, 0.1) is 46.7 Å². The Labute approximate surface area is 233 Å². The maximum Gasteiger partial charge on any atom is 0.338 e. The number of phenolic OH excluding ortho intramolecular Hbond substituents is 1. The zero-order chi connectivity index (χ0) is 27.7. The number of hydrogen-bond donors (Lipinski definition) is 1. The second-order valence-corrected chi connectivity index (χ2v) is 10.6. The van der Waals surface area contributed by atoms with Crippen molar-refractivity contribution in [3.8, 4) is 17.2 Å². The molecule has 8 nitrogen and oxygen atoms in total. The van der Waals surface area contributed by atoms with Gasteiger partial charge in [0.15, 0.2) is 16.3 Å². The normalized spacial score (nSPS) is 15.4. The number of phenols is 1. The fourth-order valence-corrected chi connectivity index (χ4v) is 5.70. The molecule has 0 radical (unpaired) electrons. The number of allylic oxidation sites excluding steroid dienone is 1. The Bertz CT molecular complexity index is 1620. The van der Waals surface area contributed by atoms with E-state index in [9.17, 15) is 14.7 Å². The predicted octanol–water partition coefficient (Wildman–Crippen LogP) is 4.61. The molecule has 4 rings (SSSR count). The molecule has 0 amide bonds. The number of esters is 1. The lowest BCUT2D eigenvalue weighted by Gasteiger charge is -2.25. The molecular formula is C27H26Cl2N2O6S. The quantitative estimate of drug-likeness (QED) is 0.412. The third-order valence-electron chi connectivity index (χ3n) is 5.73. The lowest BCUT2D eigenvalue weighted by molar-refractivity contribution is -0.139. The Kier molecular flexibility index (Phi) is 8.20. The molecule has 2 aromatic carbocycles. The number of carbonyl (C=O) groups is 1. The molecule has 1 N–H and O–H groups in total. The van der Waals surface area contributed by atoms with Gasteiger partial charge in [-0.15, -0.1) is 0 Å². The van der Waals surface area contributed by atoms with Gasteiger partial charge < -0.3 is 19.3 Å². The van der Waals surface area contributed by atoms with E-state index in [0.717, 1.165) is 11.3 Å². The highest BCUT2D eigenvalue weighted by Gasteiger charge is 2.34. The number of fused-ring (bicyclic) bond motifs is 1. The van der Waals surface area contributed by atoms with E-state index in [2.05, 4.69) is 4.99 Å². The van der Waals surface area contributed by atoms with Crippen molar-refractivity contribution < 1.29 is 24.1 Å². The van der Waals surface area contributed by atoms with Gasteiger partial charge in [0.25, 0.3) is 5.56 Å². The molecule has 0 saturated carbocycles. The first-order chi connectivity index (χ1) is 18.0. The topological polar surface area (TPSA) is 99.4 Å². The van der Waals surface area contributed by atoms with E-state index in [-0.39, 0.29) is 39.2 Å². The molecular weight excluding hydrogens is 551 g/mol. The van der Waals surface area contributed by atoms with E-state index in [0.29, 0.717) is 32.6 Å². The second-order valence-electron chi connectivity index (χ2n) is 8.70. The van der Waals surface area contributed by atoms with E-state index in [1.54, 1.807) is 32.0 Å². The number of halogens is 2. The Balaban J connectivity index is 1.97. The van der Waals surface area contributed by atoms with Crippen LogP contribution >= 0.6 is 34.5 Å². The maximum absolute atomic E-state index is 13.8. The van der Waals surface area contributed by atoms with Crippen LogP contribution < -0.4 is 24.4 Å². The third-order valence-corrected chi connectivity index (χ3v) is 7.22. The molecule has 2 heterocycles. The Morgan fingerprint density at radius 1 is 1.24 bits per heavy atom. The largest absolute Gasteiger partial charge is 0.506 e. The van der Waals surface area contributed by atoms with Crippen LogP contribution in [0.3, 0.4) is 0 Å². The number of ether oxygens (including phenoxy) is 3. The minimum absolute atomic E-state index is 0.0608. The molecule has 0 saturated heterocycles. The predicted molar refractivity (Wildman–Crippen MR) is 147 cm³/mol. The Hall–Kier alpha value is -3.27. The molecule has 1 atom stereocenters. The van der Waals surface area contributed by atoms with Crippen LogP contribution in [-0.2, 0) is 9.53 Å². The van der Waals surface area contributed by atoms with Crippen molar-refractivity contribution >= 4 is 46.6 Å². The number of methoxy groups -OCH3 is 1. The number of nitrogens with zero attached hydrogens (tertiary/aromatic N) is 2. The monoisotopic (exact) mass is 576 g/mol. The van der Waals surface area contributed by atoms with Crippen LogP contribution in [0.5, 0.6) is 17.2 Å². The van der Waals surface area contributed by atoms with E-state index < -0.39 is 17.6 Å². The summed E-state index contributed by atoms with van der Waals surface area (Å²) < 4.78 is 18.5. The molecule has 0 spiro atoms. The highest BCUT2D eigenvalue weighted by Crippen LogP contribution is 2.37. The molecule has 0 fully saturated rings. The Morgan fingerprint density at radius 2 is 1.97 bits per heavy atom. The molecule has 38 heavy (non-hydrogen) atoms. The number of carbonyl (C=O) groups excluding carboxylic acids is 1. The van der Waals surface area contributed by atoms with Crippen LogP contribution in [-0.4, -0.2) is 35.5 Å². The number of hydrogen-bond acceptors (Lipinski definition) is 8. The lowest BCUT2D eigenvalue weighted by Crippen LogP contribution is -2.40. The SMILES string of the molecule is CCOC(=O)C1=C(C)N=c2s/c(=C\c3cc(Cl)cc(Cl)c3O)c(=O)n2[C@@H]1c1ccc(OC(C)C)c(OC)c1. The second kappa shape index (κ2) is 11.2. The van der Waals surface area contributed by atoms with Crippen molar-refractivity contribution in [1.29, 1.82) is 0 Å². The summed E-state index contributed by atoms with van der Waals surface area (Å²) in [6.45, 7) is 7.38. The first-order valence-electron chi connectivity index (χ1n) is 11.8. The first kappa shape index (κ1) is 27.8. The zero-order valence-electron chi connectivity index (χ0n) is 21.4. The van der Waals surface area contributed by atoms with Gasteiger partial charge in [0.2, 0.25) is 0 Å². The van der Waals surface area contributed by atoms with E-state index in [1.165, 1.54) is 29.9 Å². The summed E-state index contributed by atoms with van der Waals surface area (Å²) >= 11 is 13.3. The standard InChI is InChI=1S/C27H26Cl2N2O6S/c1-6-36-26(34)22-14(4)30-27-31(23(22)15-7-8-19(37-13(2)3)20(10-15)35-5)25(33)21(38-27)11-16-9-17(28)12-18(29)24(16)32/h7-13,23,32H,6H2,1-5H3/b21-11-/t23-/m1/s1. The smallest absolute Gasteiger partial charge is 0.338 e. The summed E-state index contributed by atoms with van der Waals surface area (Å²) in [5, 5.41) is 10.8. The van der Waals surface area contributed by atoms with Crippen LogP contribution in [0, 0.1) is 0 Å². The highest BCUT2D eigenvalue weighted by atomic mass is 35.5. The minimum Gasteiger partial charge on any atom is -0.506 e. The number of aromatic nitrogens is 1. The van der Waals surface area contributed by atoms with Gasteiger partial charge in [-0.2, -0.15) is 0 Å². The molecule has 0 bridgehead atoms. The van der Waals surface area contributed by atoms with Crippen LogP contribution in [0.1, 0.15) is 44.9 Å². The molecule has 0 aliphatic carbocycles. The molecule has 3 aromatic rings. The summed E-state index contributed by atoms with van der Waals surface area (Å²) in [4.78, 5) is 31.8. The molecule has 1 aliphatic rings. The number of aromatic hydroxyl groups is 1. The summed E-state index contributed by atoms with van der Waals surface area (Å²) in [7, 11) is 1.52. The van der Waals surface area contributed by atoms with Gasteiger partial charge in [-0.3, -0.25) is 9.36 Å². The number of benzene rings is 2. The van der Waals surface area contributed by atoms with E-state index in [1.807, 2.05) is 13.8 Å². The minimum atomic E-state index is -0.842. The molecule has 1 aromatic heterocycles. The van der Waals surface area contributed by atoms with Gasteiger partial charge in [0.1, 0.15) is 5.75 Å². The average Bonchev–Trinajstić information content (AvgIpc) is 3.15. The van der Waals surface area contributed by atoms with E-state index in [4.69, 9.17) is 37.4 Å². The van der Waals surface area contributed by atoms with Crippen molar-refractivity contribution in [1.82, 2.24) is 4.57 Å². The van der Waals surface area contributed by atoms with Crippen molar-refractivity contribution in [2.45, 2.75) is 39.8 Å². The average molecular weight is 577 g/mol. The molecule has 1 aliphatic heterocycles. The van der Waals surface area contributed by atoms with Crippen LogP contribution in [0.4, 0.5) is 0 Å². The first-order valence-corrected chi connectivity index (χ1v) is 13.3. The summed E-state index contributed by atoms with van der Waals surface area (Å²) in [6.07, 6.45) is 1.42. The van der Waals surface area contributed by atoms with Gasteiger partial charge in [-0.05, 0) is 63.6 Å². The van der Waals surface area contributed by atoms with Crippen molar-refractivity contribution in [3.05, 3.63) is 82.5 Å². The third kappa shape index (κ3) is 5.32. The lowest BCUT2D eigenvalue weighted by atomic mass is 9.95. The van der Waals surface area contributed by atoms with Crippen LogP contribution in [0.25, 0.3) is 6.08 Å². The van der Waals surface area contributed by atoms with Gasteiger partial charge >= 0.3 is 5.97 Å². The van der Waals surface area contributed by atoms with Gasteiger partial charge in [-0.25, -0.2) is 9.79 Å². The summed E-state index contributed by atoms with van der Waals surface area (Å²) in [5.74, 6) is 0.209. The maximum atomic E-state index is 13.8. The van der Waals surface area contributed by atoms with Gasteiger partial charge in [-0.1, -0.05) is 40.6 Å².